The van der Waals surface area contributed by atoms with Crippen molar-refractivity contribution in [2.75, 3.05) is 25.0 Å². The summed E-state index contributed by atoms with van der Waals surface area (Å²) in [5.74, 6) is 1.81. The minimum absolute atomic E-state index is 0.770. The van der Waals surface area contributed by atoms with Crippen LogP contribution in [0.1, 0.15) is 36.0 Å². The van der Waals surface area contributed by atoms with Crippen LogP contribution in [0.5, 0.6) is 0 Å². The summed E-state index contributed by atoms with van der Waals surface area (Å²) in [6.07, 6.45) is 4.17. The Balaban J connectivity index is 1.49. The van der Waals surface area contributed by atoms with Gasteiger partial charge in [-0.1, -0.05) is 12.1 Å². The third-order valence-electron chi connectivity index (χ3n) is 5.66. The van der Waals surface area contributed by atoms with Crippen LogP contribution in [0.15, 0.2) is 18.2 Å². The van der Waals surface area contributed by atoms with Gasteiger partial charge in [0.2, 0.25) is 0 Å². The minimum Gasteiger partial charge on any atom is -0.370 e. The number of nitrogens with zero attached hydrogens (tertiary/aromatic N) is 2. The number of rotatable bonds is 4. The Bertz CT molecular complexity index is 733. The zero-order valence-electron chi connectivity index (χ0n) is 14.5. The number of hydrogen-bond acceptors (Lipinski definition) is 3. The van der Waals surface area contributed by atoms with E-state index in [0.717, 1.165) is 29.8 Å². The van der Waals surface area contributed by atoms with Crippen LogP contribution in [-0.4, -0.2) is 35.6 Å². The van der Waals surface area contributed by atoms with E-state index in [1.807, 2.05) is 0 Å². The van der Waals surface area contributed by atoms with Gasteiger partial charge in [-0.2, -0.15) is 0 Å². The quantitative estimate of drug-likeness (QED) is 0.923. The number of benzene rings is 1. The van der Waals surface area contributed by atoms with Crippen molar-refractivity contribution >= 4 is 16.7 Å². The van der Waals surface area contributed by atoms with Crippen molar-refractivity contribution in [2.24, 2.45) is 5.92 Å². The molecule has 2 aromatic rings. The van der Waals surface area contributed by atoms with Crippen molar-refractivity contribution in [3.63, 3.8) is 0 Å². The Labute approximate surface area is 139 Å². The fourth-order valence-corrected chi connectivity index (χ4v) is 3.84. The lowest BCUT2D eigenvalue weighted by molar-refractivity contribution is 0.316. The molecule has 0 radical (unpaired) electrons. The maximum absolute atomic E-state index is 4.90. The first kappa shape index (κ1) is 14.9. The van der Waals surface area contributed by atoms with Crippen molar-refractivity contribution < 1.29 is 0 Å². The van der Waals surface area contributed by atoms with Gasteiger partial charge >= 0.3 is 0 Å². The number of likely N-dealkylation sites (tertiary alicyclic amines) is 1. The molecule has 1 saturated heterocycles. The summed E-state index contributed by atoms with van der Waals surface area (Å²) in [4.78, 5) is 7.58. The Morgan fingerprint density at radius 3 is 2.74 bits per heavy atom. The summed E-state index contributed by atoms with van der Waals surface area (Å²) in [6, 6.07) is 7.51. The van der Waals surface area contributed by atoms with Crippen molar-refractivity contribution in [1.82, 2.24) is 9.88 Å². The molecule has 1 aliphatic carbocycles. The third kappa shape index (κ3) is 2.94. The van der Waals surface area contributed by atoms with E-state index < -0.39 is 0 Å². The summed E-state index contributed by atoms with van der Waals surface area (Å²) < 4.78 is 0. The number of pyridine rings is 1. The molecule has 4 rings (SSSR count). The molecule has 0 spiro atoms. The summed E-state index contributed by atoms with van der Waals surface area (Å²) in [5, 5.41) is 4.89. The number of nitrogens with one attached hydrogen (secondary N) is 1. The fourth-order valence-electron chi connectivity index (χ4n) is 3.84. The Morgan fingerprint density at radius 1 is 1.13 bits per heavy atom. The maximum Gasteiger partial charge on any atom is 0.126 e. The zero-order valence-corrected chi connectivity index (χ0v) is 14.5. The Morgan fingerprint density at radius 2 is 1.96 bits per heavy atom. The number of aromatic nitrogens is 1. The Hall–Kier alpha value is -1.61. The maximum atomic E-state index is 4.90. The molecule has 1 aromatic carbocycles. The van der Waals surface area contributed by atoms with Gasteiger partial charge in [-0.3, -0.25) is 0 Å². The molecule has 1 aromatic heterocycles. The molecular weight excluding hydrogens is 282 g/mol. The van der Waals surface area contributed by atoms with Gasteiger partial charge in [0.25, 0.3) is 0 Å². The number of fused-ring (bicyclic) bond motifs is 1. The summed E-state index contributed by atoms with van der Waals surface area (Å²) in [7, 11) is 0. The first-order valence-corrected chi connectivity index (χ1v) is 8.97. The van der Waals surface area contributed by atoms with E-state index in [4.69, 9.17) is 4.98 Å². The van der Waals surface area contributed by atoms with E-state index in [1.54, 1.807) is 0 Å². The van der Waals surface area contributed by atoms with Crippen LogP contribution in [0.3, 0.4) is 0 Å². The standard InChI is InChI=1S/C20H27N3/c1-13-4-7-18-14(2)10-19(22-20(18)15(13)3)21-11-16-8-9-23(12-16)17-5-6-17/h4,7,10,16-17H,5-6,8-9,11-12H2,1-3H3,(H,21,22). The van der Waals surface area contributed by atoms with Crippen LogP contribution in [0.25, 0.3) is 10.9 Å². The van der Waals surface area contributed by atoms with Gasteiger partial charge in [-0.15, -0.1) is 0 Å². The second-order valence-corrected chi connectivity index (χ2v) is 7.49. The molecule has 2 fully saturated rings. The summed E-state index contributed by atoms with van der Waals surface area (Å²) in [6.45, 7) is 10.1. The summed E-state index contributed by atoms with van der Waals surface area (Å²) >= 11 is 0. The monoisotopic (exact) mass is 309 g/mol. The minimum atomic E-state index is 0.770. The van der Waals surface area contributed by atoms with Gasteiger partial charge in [-0.25, -0.2) is 4.98 Å². The van der Waals surface area contributed by atoms with Crippen LogP contribution in [0.2, 0.25) is 0 Å². The van der Waals surface area contributed by atoms with E-state index in [1.165, 1.54) is 54.4 Å². The fraction of sp³-hybridized carbons (Fsp3) is 0.550. The molecule has 1 aliphatic heterocycles. The van der Waals surface area contributed by atoms with Crippen LogP contribution >= 0.6 is 0 Å². The lowest BCUT2D eigenvalue weighted by Crippen LogP contribution is -2.25. The number of aryl methyl sites for hydroxylation is 3. The first-order valence-electron chi connectivity index (χ1n) is 8.97. The Kier molecular flexibility index (Phi) is 3.76. The lowest BCUT2D eigenvalue weighted by atomic mass is 10.0. The van der Waals surface area contributed by atoms with Gasteiger partial charge in [0.05, 0.1) is 5.52 Å². The van der Waals surface area contributed by atoms with Gasteiger partial charge in [0.15, 0.2) is 0 Å². The SMILES string of the molecule is Cc1ccc2c(C)cc(NCC3CCN(C4CC4)C3)nc2c1C. The first-order chi connectivity index (χ1) is 11.1. The van der Waals surface area contributed by atoms with Crippen molar-refractivity contribution in [3.05, 3.63) is 34.9 Å². The molecule has 0 amide bonds. The van der Waals surface area contributed by atoms with E-state index in [-0.39, 0.29) is 0 Å². The molecule has 1 N–H and O–H groups in total. The lowest BCUT2D eigenvalue weighted by Gasteiger charge is -2.16. The van der Waals surface area contributed by atoms with Gasteiger partial charge in [0, 0.05) is 24.5 Å². The van der Waals surface area contributed by atoms with Crippen molar-refractivity contribution in [1.29, 1.82) is 0 Å². The second-order valence-electron chi connectivity index (χ2n) is 7.49. The highest BCUT2D eigenvalue weighted by Crippen LogP contribution is 2.32. The highest BCUT2D eigenvalue weighted by atomic mass is 15.2. The molecule has 2 heterocycles. The molecule has 1 unspecified atom stereocenters. The molecule has 23 heavy (non-hydrogen) atoms. The van der Waals surface area contributed by atoms with Crippen LogP contribution < -0.4 is 5.32 Å². The van der Waals surface area contributed by atoms with Crippen LogP contribution in [-0.2, 0) is 0 Å². The summed E-state index contributed by atoms with van der Waals surface area (Å²) in [5.41, 5.74) is 5.08. The average molecular weight is 309 g/mol. The highest BCUT2D eigenvalue weighted by molar-refractivity contribution is 5.87. The van der Waals surface area contributed by atoms with Gasteiger partial charge in [0.1, 0.15) is 5.82 Å². The van der Waals surface area contributed by atoms with Crippen molar-refractivity contribution in [3.8, 4) is 0 Å². The predicted octanol–water partition coefficient (Wildman–Crippen LogP) is 4.06. The molecule has 122 valence electrons. The number of hydrogen-bond donors (Lipinski definition) is 1. The van der Waals surface area contributed by atoms with E-state index >= 15 is 0 Å². The molecule has 2 aliphatic rings. The molecule has 1 atom stereocenters. The van der Waals surface area contributed by atoms with E-state index in [0.29, 0.717) is 0 Å². The molecular formula is C20H27N3. The van der Waals surface area contributed by atoms with Crippen LogP contribution in [0, 0.1) is 26.7 Å². The zero-order chi connectivity index (χ0) is 16.0. The molecule has 1 saturated carbocycles. The van der Waals surface area contributed by atoms with Gasteiger partial charge in [-0.05, 0) is 75.3 Å². The topological polar surface area (TPSA) is 28.2 Å². The predicted molar refractivity (Wildman–Crippen MR) is 97.1 cm³/mol. The molecule has 0 bridgehead atoms. The van der Waals surface area contributed by atoms with E-state index in [2.05, 4.69) is 49.2 Å². The number of anilines is 1. The van der Waals surface area contributed by atoms with Gasteiger partial charge < -0.3 is 10.2 Å². The molecule has 3 nitrogen and oxygen atoms in total. The molecule has 3 heteroatoms. The highest BCUT2D eigenvalue weighted by Gasteiger charge is 2.34. The third-order valence-corrected chi connectivity index (χ3v) is 5.66. The largest absolute Gasteiger partial charge is 0.370 e. The van der Waals surface area contributed by atoms with E-state index in [9.17, 15) is 0 Å². The normalized spacial score (nSPS) is 22.0. The second kappa shape index (κ2) is 5.79. The van der Waals surface area contributed by atoms with Crippen molar-refractivity contribution in [2.45, 2.75) is 46.1 Å². The van der Waals surface area contributed by atoms with Crippen LogP contribution in [0.4, 0.5) is 5.82 Å². The smallest absolute Gasteiger partial charge is 0.126 e. The average Bonchev–Trinajstić information content (AvgIpc) is 3.28.